The highest BCUT2D eigenvalue weighted by Gasteiger charge is 2.18. The van der Waals surface area contributed by atoms with Crippen LogP contribution in [-0.4, -0.2) is 35.6 Å². The van der Waals surface area contributed by atoms with Crippen molar-refractivity contribution < 1.29 is 0 Å². The molecule has 1 aromatic heterocycles. The highest BCUT2D eigenvalue weighted by molar-refractivity contribution is 5.80. The standard InChI is InChI=1S/C18H27N5/c1-13-7-9-14(10-8-13)21-18(19-2)20-12-11-17-22-15-5-3-4-6-16(15)23-17/h3-6,13-14H,7-12H2,1-2H3,(H,22,23)(H2,19,20,21). The third-order valence-corrected chi connectivity index (χ3v) is 4.67. The van der Waals surface area contributed by atoms with Crippen molar-refractivity contribution in [2.45, 2.75) is 45.1 Å². The molecule has 1 aromatic carbocycles. The van der Waals surface area contributed by atoms with Crippen LogP contribution >= 0.6 is 0 Å². The van der Waals surface area contributed by atoms with Crippen LogP contribution < -0.4 is 10.6 Å². The van der Waals surface area contributed by atoms with Gasteiger partial charge in [-0.05, 0) is 43.7 Å². The van der Waals surface area contributed by atoms with E-state index in [2.05, 4.69) is 38.6 Å². The maximum Gasteiger partial charge on any atom is 0.191 e. The van der Waals surface area contributed by atoms with Crippen LogP contribution in [0.2, 0.25) is 0 Å². The summed E-state index contributed by atoms with van der Waals surface area (Å²) in [5.74, 6) is 2.79. The van der Waals surface area contributed by atoms with Crippen molar-refractivity contribution >= 4 is 17.0 Å². The van der Waals surface area contributed by atoms with Gasteiger partial charge in [0.2, 0.25) is 0 Å². The molecule has 0 spiro atoms. The molecule has 0 unspecified atom stereocenters. The molecule has 0 radical (unpaired) electrons. The number of hydrogen-bond acceptors (Lipinski definition) is 2. The van der Waals surface area contributed by atoms with Gasteiger partial charge < -0.3 is 15.6 Å². The smallest absolute Gasteiger partial charge is 0.191 e. The zero-order chi connectivity index (χ0) is 16.1. The second-order valence-electron chi connectivity index (χ2n) is 6.55. The van der Waals surface area contributed by atoms with E-state index >= 15 is 0 Å². The number of rotatable bonds is 4. The third-order valence-electron chi connectivity index (χ3n) is 4.67. The minimum absolute atomic E-state index is 0.559. The number of aromatic amines is 1. The van der Waals surface area contributed by atoms with Gasteiger partial charge in [-0.3, -0.25) is 4.99 Å². The number of imidazole rings is 1. The van der Waals surface area contributed by atoms with Gasteiger partial charge in [0, 0.05) is 26.1 Å². The van der Waals surface area contributed by atoms with E-state index in [1.165, 1.54) is 25.7 Å². The topological polar surface area (TPSA) is 65.1 Å². The fraction of sp³-hybridized carbons (Fsp3) is 0.556. The van der Waals surface area contributed by atoms with Crippen LogP contribution in [0.4, 0.5) is 0 Å². The molecule has 0 atom stereocenters. The fourth-order valence-corrected chi connectivity index (χ4v) is 3.22. The van der Waals surface area contributed by atoms with Gasteiger partial charge in [0.05, 0.1) is 11.0 Å². The van der Waals surface area contributed by atoms with Crippen molar-refractivity contribution in [3.63, 3.8) is 0 Å². The first-order valence-electron chi connectivity index (χ1n) is 8.65. The Bertz CT molecular complexity index is 619. The number of para-hydroxylation sites is 2. The molecule has 124 valence electrons. The van der Waals surface area contributed by atoms with Gasteiger partial charge in [-0.25, -0.2) is 4.98 Å². The summed E-state index contributed by atoms with van der Waals surface area (Å²) in [6.07, 6.45) is 5.97. The zero-order valence-corrected chi connectivity index (χ0v) is 14.1. The number of H-pyrrole nitrogens is 1. The van der Waals surface area contributed by atoms with E-state index in [-0.39, 0.29) is 0 Å². The molecular formula is C18H27N5. The van der Waals surface area contributed by atoms with E-state index in [9.17, 15) is 0 Å². The molecule has 5 heteroatoms. The highest BCUT2D eigenvalue weighted by Crippen LogP contribution is 2.23. The Balaban J connectivity index is 1.46. The molecule has 1 heterocycles. The molecule has 3 N–H and O–H groups in total. The monoisotopic (exact) mass is 313 g/mol. The molecule has 1 aliphatic rings. The van der Waals surface area contributed by atoms with Crippen LogP contribution in [0.1, 0.15) is 38.4 Å². The predicted molar refractivity (Wildman–Crippen MR) is 95.7 cm³/mol. The summed E-state index contributed by atoms with van der Waals surface area (Å²) in [5, 5.41) is 6.95. The molecule has 0 saturated heterocycles. The van der Waals surface area contributed by atoms with Crippen LogP contribution in [0.15, 0.2) is 29.3 Å². The lowest BCUT2D eigenvalue weighted by Crippen LogP contribution is -2.45. The van der Waals surface area contributed by atoms with Gasteiger partial charge in [-0.1, -0.05) is 19.1 Å². The van der Waals surface area contributed by atoms with E-state index in [1.807, 2.05) is 25.2 Å². The van der Waals surface area contributed by atoms with Crippen molar-refractivity contribution in [1.29, 1.82) is 0 Å². The van der Waals surface area contributed by atoms with Gasteiger partial charge in [0.25, 0.3) is 0 Å². The first-order valence-corrected chi connectivity index (χ1v) is 8.65. The Morgan fingerprint density at radius 1 is 1.26 bits per heavy atom. The van der Waals surface area contributed by atoms with E-state index in [0.717, 1.165) is 41.7 Å². The molecular weight excluding hydrogens is 286 g/mol. The quantitative estimate of drug-likeness (QED) is 0.601. The van der Waals surface area contributed by atoms with Crippen molar-refractivity contribution in [1.82, 2.24) is 20.6 Å². The van der Waals surface area contributed by atoms with Crippen LogP contribution in [0.5, 0.6) is 0 Å². The predicted octanol–water partition coefficient (Wildman–Crippen LogP) is 2.85. The number of nitrogens with one attached hydrogen (secondary N) is 3. The summed E-state index contributed by atoms with van der Waals surface area (Å²) < 4.78 is 0. The molecule has 2 aromatic rings. The Hall–Kier alpha value is -2.04. The highest BCUT2D eigenvalue weighted by atomic mass is 15.2. The van der Waals surface area contributed by atoms with Gasteiger partial charge in [0.1, 0.15) is 5.82 Å². The number of guanidine groups is 1. The van der Waals surface area contributed by atoms with Crippen molar-refractivity contribution in [2.75, 3.05) is 13.6 Å². The van der Waals surface area contributed by atoms with Crippen LogP contribution in [0.25, 0.3) is 11.0 Å². The maximum absolute atomic E-state index is 4.60. The average molecular weight is 313 g/mol. The fourth-order valence-electron chi connectivity index (χ4n) is 3.22. The van der Waals surface area contributed by atoms with Gasteiger partial charge in [0.15, 0.2) is 5.96 Å². The van der Waals surface area contributed by atoms with Gasteiger partial charge in [-0.2, -0.15) is 0 Å². The molecule has 5 nitrogen and oxygen atoms in total. The third kappa shape index (κ3) is 4.24. The SMILES string of the molecule is CN=C(NCCc1nc2ccccc2[nH]1)NC1CCC(C)CC1. The zero-order valence-electron chi connectivity index (χ0n) is 14.1. The number of fused-ring (bicyclic) bond motifs is 1. The number of nitrogens with zero attached hydrogens (tertiary/aromatic N) is 2. The summed E-state index contributed by atoms with van der Waals surface area (Å²) in [5.41, 5.74) is 2.13. The van der Waals surface area contributed by atoms with E-state index in [0.29, 0.717) is 6.04 Å². The van der Waals surface area contributed by atoms with Crippen molar-refractivity contribution in [2.24, 2.45) is 10.9 Å². The lowest BCUT2D eigenvalue weighted by Gasteiger charge is -2.28. The summed E-state index contributed by atoms with van der Waals surface area (Å²) >= 11 is 0. The molecule has 1 saturated carbocycles. The molecule has 1 fully saturated rings. The summed E-state index contributed by atoms with van der Waals surface area (Å²) in [6, 6.07) is 8.70. The minimum atomic E-state index is 0.559. The first-order chi connectivity index (χ1) is 11.2. The number of aliphatic imine (C=N–C) groups is 1. The number of benzene rings is 1. The number of hydrogen-bond donors (Lipinski definition) is 3. The molecule has 0 aliphatic heterocycles. The molecule has 0 bridgehead atoms. The molecule has 23 heavy (non-hydrogen) atoms. The lowest BCUT2D eigenvalue weighted by molar-refractivity contribution is 0.329. The Kier molecular flexibility index (Phi) is 5.16. The summed E-state index contributed by atoms with van der Waals surface area (Å²) in [4.78, 5) is 12.3. The van der Waals surface area contributed by atoms with E-state index in [1.54, 1.807) is 0 Å². The second-order valence-corrected chi connectivity index (χ2v) is 6.55. The first kappa shape index (κ1) is 15.8. The number of aromatic nitrogens is 2. The van der Waals surface area contributed by atoms with Crippen LogP contribution in [0.3, 0.4) is 0 Å². The molecule has 1 aliphatic carbocycles. The maximum atomic E-state index is 4.60. The van der Waals surface area contributed by atoms with E-state index < -0.39 is 0 Å². The Morgan fingerprint density at radius 2 is 2.04 bits per heavy atom. The van der Waals surface area contributed by atoms with Gasteiger partial charge in [-0.15, -0.1) is 0 Å². The van der Waals surface area contributed by atoms with Crippen LogP contribution in [0, 0.1) is 5.92 Å². The van der Waals surface area contributed by atoms with E-state index in [4.69, 9.17) is 0 Å². The van der Waals surface area contributed by atoms with Crippen molar-refractivity contribution in [3.8, 4) is 0 Å². The lowest BCUT2D eigenvalue weighted by atomic mass is 9.87. The summed E-state index contributed by atoms with van der Waals surface area (Å²) in [6.45, 7) is 3.17. The summed E-state index contributed by atoms with van der Waals surface area (Å²) in [7, 11) is 1.84. The second kappa shape index (κ2) is 7.49. The Labute approximate surface area is 138 Å². The molecule has 3 rings (SSSR count). The largest absolute Gasteiger partial charge is 0.356 e. The Morgan fingerprint density at radius 3 is 2.78 bits per heavy atom. The van der Waals surface area contributed by atoms with Crippen LogP contribution in [-0.2, 0) is 6.42 Å². The average Bonchev–Trinajstić information content (AvgIpc) is 2.98. The normalized spacial score (nSPS) is 22.3. The van der Waals surface area contributed by atoms with Crippen molar-refractivity contribution in [3.05, 3.63) is 30.1 Å². The molecule has 0 amide bonds. The minimum Gasteiger partial charge on any atom is -0.356 e. The van der Waals surface area contributed by atoms with Gasteiger partial charge >= 0.3 is 0 Å².